The molecule has 3 aromatic rings. The van der Waals surface area contributed by atoms with Gasteiger partial charge in [0, 0.05) is 31.8 Å². The van der Waals surface area contributed by atoms with Gasteiger partial charge >= 0.3 is 0 Å². The van der Waals surface area contributed by atoms with E-state index in [1.165, 1.54) is 0 Å². The number of hydrogen-bond acceptors (Lipinski definition) is 5. The zero-order valence-corrected chi connectivity index (χ0v) is 23.9. The van der Waals surface area contributed by atoms with Crippen LogP contribution in [0.4, 0.5) is 0 Å². The van der Waals surface area contributed by atoms with E-state index in [0.29, 0.717) is 29.1 Å². The summed E-state index contributed by atoms with van der Waals surface area (Å²) >= 11 is 3.57. The monoisotopic (exact) mass is 567 g/mol. The van der Waals surface area contributed by atoms with Crippen molar-refractivity contribution in [1.82, 2.24) is 9.55 Å². The van der Waals surface area contributed by atoms with Crippen LogP contribution >= 0.6 is 15.9 Å². The number of benzene rings is 1. The Morgan fingerprint density at radius 3 is 2.59 bits per heavy atom. The highest BCUT2D eigenvalue weighted by Gasteiger charge is 2.24. The van der Waals surface area contributed by atoms with Crippen molar-refractivity contribution >= 4 is 45.1 Å². The molecule has 1 atom stereocenters. The minimum absolute atomic E-state index is 0.0768. The van der Waals surface area contributed by atoms with E-state index < -0.39 is 24.2 Å². The average molecular weight is 569 g/mol. The van der Waals surface area contributed by atoms with Crippen LogP contribution in [0.2, 0.25) is 25.7 Å². The van der Waals surface area contributed by atoms with Crippen molar-refractivity contribution in [2.45, 2.75) is 70.1 Å². The second-order valence-electron chi connectivity index (χ2n) is 9.80. The summed E-state index contributed by atoms with van der Waals surface area (Å²) in [6.45, 7) is 12.0. The number of pyridine rings is 1. The molecule has 0 radical (unpaired) electrons. The fraction of sp³-hybridized carbons (Fsp3) is 0.458. The molecule has 3 rings (SSSR count). The Bertz CT molecular complexity index is 1260. The molecule has 7 nitrogen and oxygen atoms in total. The number of nitrogens with two attached hydrogens (primary N) is 1. The zero-order valence-electron chi connectivity index (χ0n) is 20.5. The summed E-state index contributed by atoms with van der Waals surface area (Å²) in [7, 11) is -5.06. The van der Waals surface area contributed by atoms with E-state index in [1.54, 1.807) is 12.1 Å². The molecule has 34 heavy (non-hydrogen) atoms. The summed E-state index contributed by atoms with van der Waals surface area (Å²) in [5.74, 6) is 0.398. The van der Waals surface area contributed by atoms with Crippen LogP contribution in [0.15, 0.2) is 45.9 Å². The highest BCUT2D eigenvalue weighted by atomic mass is 79.9. The van der Waals surface area contributed by atoms with Crippen molar-refractivity contribution in [3.8, 4) is 5.88 Å². The van der Waals surface area contributed by atoms with Gasteiger partial charge in [0.1, 0.15) is 18.5 Å². The van der Waals surface area contributed by atoms with Gasteiger partial charge in [-0.2, -0.15) is 4.98 Å². The number of aromatic nitrogens is 2. The number of aryl methyl sites for hydroxylation is 1. The number of halogens is 1. The first kappa shape index (κ1) is 26.9. The minimum atomic E-state index is -3.90. The van der Waals surface area contributed by atoms with E-state index in [1.807, 2.05) is 42.8 Å². The number of hydrogen-bond donors (Lipinski definition) is 1. The fourth-order valence-corrected chi connectivity index (χ4v) is 5.61. The molecule has 0 spiro atoms. The average Bonchev–Trinajstić information content (AvgIpc) is 3.11. The lowest BCUT2D eigenvalue weighted by atomic mass is 10.0. The molecule has 10 heteroatoms. The summed E-state index contributed by atoms with van der Waals surface area (Å²) in [4.78, 5) is 4.84. The zero-order chi connectivity index (χ0) is 25.1. The van der Waals surface area contributed by atoms with Gasteiger partial charge in [0.15, 0.2) is 0 Å². The summed E-state index contributed by atoms with van der Waals surface area (Å²) < 4.78 is 39.4. The maximum atomic E-state index is 12.2. The summed E-state index contributed by atoms with van der Waals surface area (Å²) in [6, 6.07) is 10.1. The topological polar surface area (TPSA) is 96.4 Å². The van der Waals surface area contributed by atoms with Crippen molar-refractivity contribution < 1.29 is 17.9 Å². The van der Waals surface area contributed by atoms with Crippen LogP contribution in [0.1, 0.15) is 37.0 Å². The molecule has 2 aromatic heterocycles. The van der Waals surface area contributed by atoms with Crippen LogP contribution in [0, 0.1) is 6.92 Å². The third kappa shape index (κ3) is 6.91. The molecule has 0 aliphatic carbocycles. The number of rotatable bonds is 11. The van der Waals surface area contributed by atoms with Gasteiger partial charge in [-0.1, -0.05) is 50.7 Å². The predicted octanol–water partition coefficient (Wildman–Crippen LogP) is 5.99. The first-order valence-corrected chi connectivity index (χ1v) is 17.5. The Morgan fingerprint density at radius 1 is 1.21 bits per heavy atom. The van der Waals surface area contributed by atoms with E-state index in [2.05, 4.69) is 35.6 Å². The highest BCUT2D eigenvalue weighted by molar-refractivity contribution is 9.10. The van der Waals surface area contributed by atoms with E-state index in [0.717, 1.165) is 35.7 Å². The number of ether oxygens (including phenoxy) is 2. The lowest BCUT2D eigenvalue weighted by Crippen LogP contribution is -2.22. The Hall–Kier alpha value is -1.72. The lowest BCUT2D eigenvalue weighted by Gasteiger charge is -2.22. The molecule has 0 saturated carbocycles. The molecule has 1 unspecified atom stereocenters. The molecule has 0 amide bonds. The van der Waals surface area contributed by atoms with E-state index >= 15 is 0 Å². The summed E-state index contributed by atoms with van der Waals surface area (Å²) in [5, 5.41) is 6.47. The van der Waals surface area contributed by atoms with E-state index in [-0.39, 0.29) is 4.90 Å². The molecule has 0 fully saturated rings. The van der Waals surface area contributed by atoms with Gasteiger partial charge in [0.2, 0.25) is 15.9 Å². The number of nitrogens with zero attached hydrogens (tertiary/aromatic N) is 2. The van der Waals surface area contributed by atoms with Crippen molar-refractivity contribution in [3.05, 3.63) is 52.1 Å². The van der Waals surface area contributed by atoms with Gasteiger partial charge < -0.3 is 14.0 Å². The fourth-order valence-electron chi connectivity index (χ4n) is 3.65. The van der Waals surface area contributed by atoms with E-state index in [4.69, 9.17) is 19.6 Å². The van der Waals surface area contributed by atoms with Gasteiger partial charge in [-0.3, -0.25) is 0 Å². The van der Waals surface area contributed by atoms with Crippen molar-refractivity contribution in [2.75, 3.05) is 6.61 Å². The predicted molar refractivity (Wildman–Crippen MR) is 142 cm³/mol. The maximum Gasteiger partial charge on any atom is 0.238 e. The highest BCUT2D eigenvalue weighted by Crippen LogP contribution is 2.35. The first-order valence-electron chi connectivity index (χ1n) is 11.4. The molecule has 0 bridgehead atoms. The van der Waals surface area contributed by atoms with Crippen LogP contribution in [0.5, 0.6) is 5.88 Å². The van der Waals surface area contributed by atoms with Crippen LogP contribution in [0.25, 0.3) is 11.0 Å². The Morgan fingerprint density at radius 2 is 1.94 bits per heavy atom. The van der Waals surface area contributed by atoms with Crippen molar-refractivity contribution in [2.24, 2.45) is 5.14 Å². The SMILES string of the molecule is CCCC(Oc1nc2c(ccn2COCC[Si](C)(C)C)cc1Br)c1cc(C)ccc1S(N)(=O)=O. The van der Waals surface area contributed by atoms with E-state index in [9.17, 15) is 8.42 Å². The molecule has 1 aromatic carbocycles. The van der Waals surface area contributed by atoms with Crippen LogP contribution < -0.4 is 9.88 Å². The smallest absolute Gasteiger partial charge is 0.238 e. The second kappa shape index (κ2) is 10.9. The van der Waals surface area contributed by atoms with Gasteiger partial charge in [-0.15, -0.1) is 0 Å². The van der Waals surface area contributed by atoms with Gasteiger partial charge in [-0.05, 0) is 53.5 Å². The van der Waals surface area contributed by atoms with Crippen molar-refractivity contribution in [3.63, 3.8) is 0 Å². The second-order valence-corrected chi connectivity index (χ2v) is 17.8. The quantitative estimate of drug-likeness (QED) is 0.227. The third-order valence-corrected chi connectivity index (χ3v) is 8.77. The van der Waals surface area contributed by atoms with Gasteiger partial charge in [0.05, 0.1) is 9.37 Å². The largest absolute Gasteiger partial charge is 0.469 e. The lowest BCUT2D eigenvalue weighted by molar-refractivity contribution is 0.0897. The number of primary sulfonamides is 1. The Labute approximate surface area is 211 Å². The number of sulfonamides is 1. The minimum Gasteiger partial charge on any atom is -0.469 e. The molecule has 2 heterocycles. The van der Waals surface area contributed by atoms with Crippen LogP contribution in [-0.2, 0) is 21.5 Å². The molecule has 0 aliphatic rings. The number of fused-ring (bicyclic) bond motifs is 1. The molecule has 186 valence electrons. The normalized spacial score (nSPS) is 13.4. The third-order valence-electron chi connectivity index (χ3n) is 5.51. The van der Waals surface area contributed by atoms with Crippen LogP contribution in [0.3, 0.4) is 0 Å². The maximum absolute atomic E-state index is 12.2. The molecule has 0 saturated heterocycles. The van der Waals surface area contributed by atoms with Gasteiger partial charge in [0.25, 0.3) is 0 Å². The molecule has 0 aliphatic heterocycles. The molecular formula is C24H34BrN3O4SSi. The standard InChI is InChI=1S/C24H34BrN3O4SSi/c1-6-7-21(19-14-17(2)8-9-22(19)33(26,29)30)32-24-20(25)15-18-10-11-28(23(18)27-24)16-31-12-13-34(3,4)5/h8-11,14-15,21H,6-7,12-13,16H2,1-5H3,(H2,26,29,30). The Balaban J connectivity index is 1.92. The molecule has 2 N–H and O–H groups in total. The van der Waals surface area contributed by atoms with Gasteiger partial charge in [-0.25, -0.2) is 13.6 Å². The Kier molecular flexibility index (Phi) is 8.62. The van der Waals surface area contributed by atoms with Crippen molar-refractivity contribution in [1.29, 1.82) is 0 Å². The summed E-state index contributed by atoms with van der Waals surface area (Å²) in [6.07, 6.45) is 2.84. The first-order chi connectivity index (χ1) is 15.9. The molecular weight excluding hydrogens is 534 g/mol. The summed E-state index contributed by atoms with van der Waals surface area (Å²) in [5.41, 5.74) is 2.22. The van der Waals surface area contributed by atoms with Crippen LogP contribution in [-0.4, -0.2) is 32.6 Å².